The Kier molecular flexibility index (Phi) is 6.94. The van der Waals surface area contributed by atoms with Crippen molar-refractivity contribution >= 4 is 22.7 Å². The van der Waals surface area contributed by atoms with Crippen molar-refractivity contribution in [3.8, 4) is 0 Å². The highest BCUT2D eigenvalue weighted by atomic mass is 32.2. The number of aliphatic carboxylic acids is 1. The van der Waals surface area contributed by atoms with Gasteiger partial charge in [-0.1, -0.05) is 0 Å². The standard InChI is InChI=1S/C9H17NO4S/c1-7(2)10-8(11)3-5-15(14)6-4-9(12)13/h7H,3-6H2,1-2H3,(H,10,11)(H,12,13). The van der Waals surface area contributed by atoms with Gasteiger partial charge in [-0.3, -0.25) is 13.8 Å². The number of carbonyl (C=O) groups excluding carboxylic acids is 1. The Morgan fingerprint density at radius 1 is 1.27 bits per heavy atom. The Hall–Kier alpha value is -0.910. The number of carbonyl (C=O) groups is 2. The third-order valence-corrected chi connectivity index (χ3v) is 2.87. The fraction of sp³-hybridized carbons (Fsp3) is 0.778. The van der Waals surface area contributed by atoms with Gasteiger partial charge in [-0.15, -0.1) is 0 Å². The zero-order valence-corrected chi connectivity index (χ0v) is 9.80. The number of nitrogens with one attached hydrogen (secondary N) is 1. The number of hydrogen-bond donors (Lipinski definition) is 2. The predicted molar refractivity (Wildman–Crippen MR) is 58.0 cm³/mol. The molecule has 0 aromatic carbocycles. The highest BCUT2D eigenvalue weighted by molar-refractivity contribution is 7.85. The third-order valence-electron chi connectivity index (χ3n) is 1.55. The number of rotatable bonds is 7. The van der Waals surface area contributed by atoms with Crippen LogP contribution in [0.2, 0.25) is 0 Å². The van der Waals surface area contributed by atoms with Gasteiger partial charge in [0, 0.05) is 34.8 Å². The second-order valence-electron chi connectivity index (χ2n) is 3.46. The van der Waals surface area contributed by atoms with Gasteiger partial charge in [0.05, 0.1) is 6.42 Å². The van der Waals surface area contributed by atoms with E-state index < -0.39 is 16.8 Å². The smallest absolute Gasteiger partial charge is 0.304 e. The van der Waals surface area contributed by atoms with Crippen LogP contribution in [-0.4, -0.2) is 38.7 Å². The minimum atomic E-state index is -1.22. The molecule has 1 atom stereocenters. The number of hydrogen-bond acceptors (Lipinski definition) is 3. The molecule has 88 valence electrons. The highest BCUT2D eigenvalue weighted by Gasteiger charge is 2.08. The molecule has 0 aliphatic heterocycles. The van der Waals surface area contributed by atoms with Crippen LogP contribution in [0, 0.1) is 0 Å². The van der Waals surface area contributed by atoms with Crippen LogP contribution in [0.15, 0.2) is 0 Å². The van der Waals surface area contributed by atoms with E-state index in [2.05, 4.69) is 5.32 Å². The summed E-state index contributed by atoms with van der Waals surface area (Å²) in [5.74, 6) is -0.764. The van der Waals surface area contributed by atoms with Gasteiger partial charge in [0.1, 0.15) is 0 Å². The van der Waals surface area contributed by atoms with E-state index in [1.165, 1.54) is 0 Å². The maximum Gasteiger partial charge on any atom is 0.304 e. The maximum absolute atomic E-state index is 11.2. The van der Waals surface area contributed by atoms with Crippen molar-refractivity contribution in [3.63, 3.8) is 0 Å². The summed E-state index contributed by atoms with van der Waals surface area (Å²) in [6.45, 7) is 3.69. The van der Waals surface area contributed by atoms with Crippen LogP contribution in [0.1, 0.15) is 26.7 Å². The minimum absolute atomic E-state index is 0.0740. The first kappa shape index (κ1) is 14.1. The van der Waals surface area contributed by atoms with Gasteiger partial charge in [-0.05, 0) is 13.8 Å². The first-order valence-corrected chi connectivity index (χ1v) is 6.26. The lowest BCUT2D eigenvalue weighted by Gasteiger charge is -2.07. The summed E-state index contributed by atoms with van der Waals surface area (Å²) in [4.78, 5) is 21.3. The topological polar surface area (TPSA) is 83.5 Å². The van der Waals surface area contributed by atoms with Crippen molar-refractivity contribution in [2.24, 2.45) is 0 Å². The van der Waals surface area contributed by atoms with Gasteiger partial charge in [-0.2, -0.15) is 0 Å². The van der Waals surface area contributed by atoms with Crippen molar-refractivity contribution in [2.75, 3.05) is 11.5 Å². The molecular formula is C9H17NO4S. The minimum Gasteiger partial charge on any atom is -0.481 e. The molecule has 1 amide bonds. The summed E-state index contributed by atoms with van der Waals surface area (Å²) in [6.07, 6.45) is 0.0722. The lowest BCUT2D eigenvalue weighted by Crippen LogP contribution is -2.31. The molecule has 6 heteroatoms. The average Bonchev–Trinajstić information content (AvgIpc) is 2.10. The van der Waals surface area contributed by atoms with Gasteiger partial charge in [0.2, 0.25) is 5.91 Å². The molecule has 0 rings (SSSR count). The van der Waals surface area contributed by atoms with Gasteiger partial charge in [0.15, 0.2) is 0 Å². The predicted octanol–water partition coefficient (Wildman–Crippen LogP) is 0.124. The molecule has 2 N–H and O–H groups in total. The first-order valence-electron chi connectivity index (χ1n) is 4.78. The second kappa shape index (κ2) is 7.39. The monoisotopic (exact) mass is 235 g/mol. The Bertz CT molecular complexity index is 252. The molecule has 0 radical (unpaired) electrons. The first-order chi connectivity index (χ1) is 6.91. The number of amides is 1. The normalized spacial score (nSPS) is 12.5. The number of carboxylic acid groups (broad SMARTS) is 1. The molecule has 0 aromatic rings. The average molecular weight is 235 g/mol. The molecule has 0 aliphatic carbocycles. The summed E-state index contributed by atoms with van der Waals surface area (Å²) < 4.78 is 11.2. The molecule has 0 heterocycles. The molecule has 0 aromatic heterocycles. The van der Waals surface area contributed by atoms with E-state index in [1.807, 2.05) is 13.8 Å². The van der Waals surface area contributed by atoms with Crippen LogP contribution in [0.3, 0.4) is 0 Å². The summed E-state index contributed by atoms with van der Waals surface area (Å²) >= 11 is 0. The van der Waals surface area contributed by atoms with Crippen LogP contribution >= 0.6 is 0 Å². The van der Waals surface area contributed by atoms with Crippen molar-refractivity contribution in [1.82, 2.24) is 5.32 Å². The Labute approximate surface area is 91.7 Å². The largest absolute Gasteiger partial charge is 0.481 e. The van der Waals surface area contributed by atoms with Crippen LogP contribution in [0.25, 0.3) is 0 Å². The van der Waals surface area contributed by atoms with Crippen LogP contribution in [-0.2, 0) is 20.4 Å². The SMILES string of the molecule is CC(C)NC(=O)CCS(=O)CCC(=O)O. The van der Waals surface area contributed by atoms with E-state index in [1.54, 1.807) is 0 Å². The van der Waals surface area contributed by atoms with E-state index >= 15 is 0 Å². The van der Waals surface area contributed by atoms with Crippen LogP contribution in [0.5, 0.6) is 0 Å². The molecule has 0 fully saturated rings. The molecule has 5 nitrogen and oxygen atoms in total. The van der Waals surface area contributed by atoms with E-state index in [0.717, 1.165) is 0 Å². The zero-order chi connectivity index (χ0) is 11.8. The summed E-state index contributed by atoms with van der Waals surface area (Å²) in [6, 6.07) is 0.0740. The van der Waals surface area contributed by atoms with Gasteiger partial charge in [0.25, 0.3) is 0 Å². The second-order valence-corrected chi connectivity index (χ2v) is 5.16. The van der Waals surface area contributed by atoms with E-state index in [0.29, 0.717) is 0 Å². The molecule has 1 unspecified atom stereocenters. The zero-order valence-electron chi connectivity index (χ0n) is 8.99. The van der Waals surface area contributed by atoms with E-state index in [-0.39, 0.29) is 36.3 Å². The van der Waals surface area contributed by atoms with Gasteiger partial charge < -0.3 is 10.4 Å². The van der Waals surface area contributed by atoms with Crippen molar-refractivity contribution < 1.29 is 18.9 Å². The number of carboxylic acids is 1. The fourth-order valence-electron chi connectivity index (χ4n) is 0.904. The lowest BCUT2D eigenvalue weighted by atomic mass is 10.3. The molecule has 0 spiro atoms. The van der Waals surface area contributed by atoms with Crippen molar-refractivity contribution in [2.45, 2.75) is 32.7 Å². The molecule has 0 bridgehead atoms. The Morgan fingerprint density at radius 2 is 1.80 bits per heavy atom. The molecule has 0 saturated carbocycles. The third kappa shape index (κ3) is 9.40. The molecule has 0 aliphatic rings. The lowest BCUT2D eigenvalue weighted by molar-refractivity contribution is -0.136. The van der Waals surface area contributed by atoms with Crippen LogP contribution in [0.4, 0.5) is 0 Å². The molecular weight excluding hydrogens is 218 g/mol. The van der Waals surface area contributed by atoms with Gasteiger partial charge >= 0.3 is 5.97 Å². The maximum atomic E-state index is 11.2. The summed E-state index contributed by atoms with van der Waals surface area (Å²) in [5.41, 5.74) is 0. The van der Waals surface area contributed by atoms with E-state index in [4.69, 9.17) is 5.11 Å². The van der Waals surface area contributed by atoms with Crippen molar-refractivity contribution in [1.29, 1.82) is 0 Å². The molecule has 0 saturated heterocycles. The fourth-order valence-corrected chi connectivity index (χ4v) is 1.92. The summed E-state index contributed by atoms with van der Waals surface area (Å²) in [7, 11) is -1.22. The summed E-state index contributed by atoms with van der Waals surface area (Å²) in [5, 5.41) is 11.0. The highest BCUT2D eigenvalue weighted by Crippen LogP contribution is 1.93. The quantitative estimate of drug-likeness (QED) is 0.656. The van der Waals surface area contributed by atoms with Crippen molar-refractivity contribution in [3.05, 3.63) is 0 Å². The van der Waals surface area contributed by atoms with E-state index in [9.17, 15) is 13.8 Å². The van der Waals surface area contributed by atoms with Crippen LogP contribution < -0.4 is 5.32 Å². The Morgan fingerprint density at radius 3 is 2.27 bits per heavy atom. The van der Waals surface area contributed by atoms with Gasteiger partial charge in [-0.25, -0.2) is 0 Å². The Balaban J connectivity index is 3.62. The molecule has 15 heavy (non-hydrogen) atoms.